The van der Waals surface area contributed by atoms with Gasteiger partial charge in [0.1, 0.15) is 36.6 Å². The first-order valence-corrected chi connectivity index (χ1v) is 30.7. The Labute approximate surface area is 442 Å². The van der Waals surface area contributed by atoms with Gasteiger partial charge >= 0.3 is 0 Å². The van der Waals surface area contributed by atoms with Crippen LogP contribution in [0.5, 0.6) is 0 Å². The largest absolute Gasteiger partial charge is 0.394 e. The summed E-state index contributed by atoms with van der Waals surface area (Å²) in [7, 11) is 0. The van der Waals surface area contributed by atoms with E-state index in [1.807, 2.05) is 0 Å². The van der Waals surface area contributed by atoms with Crippen LogP contribution in [0.3, 0.4) is 0 Å². The van der Waals surface area contributed by atoms with Gasteiger partial charge in [-0.15, -0.1) is 0 Å². The Morgan fingerprint density at radius 3 is 1.19 bits per heavy atom. The maximum atomic E-state index is 13.2. The van der Waals surface area contributed by atoms with Gasteiger partial charge in [-0.25, -0.2) is 0 Å². The highest BCUT2D eigenvalue weighted by atomic mass is 16.7. The number of ether oxygens (including phenoxy) is 2. The second kappa shape index (κ2) is 50.4. The number of carbonyl (C=O) groups excluding carboxylic acids is 1. The van der Waals surface area contributed by atoms with E-state index >= 15 is 0 Å². The lowest BCUT2D eigenvalue weighted by atomic mass is 9.98. The van der Waals surface area contributed by atoms with E-state index in [1.165, 1.54) is 193 Å². The van der Waals surface area contributed by atoms with Crippen LogP contribution in [0.25, 0.3) is 0 Å². The van der Waals surface area contributed by atoms with Crippen LogP contribution in [0.15, 0.2) is 24.3 Å². The van der Waals surface area contributed by atoms with Crippen LogP contribution < -0.4 is 5.32 Å². The third-order valence-corrected chi connectivity index (χ3v) is 15.0. The first kappa shape index (κ1) is 68.6. The number of carbonyl (C=O) groups is 1. The standard InChI is InChI=1S/C61H117NO10/c1-3-5-7-9-11-13-15-17-19-21-23-24-25-26-27-28-29-31-32-34-36-38-40-42-44-46-48-53(64)56(66)52(51-71-61-59(69)58(68)57(67)55(50-63)72-61)62-60(70)54(65)49-47-45-43-41-39-37-35-33-30-22-20-18-16-14-12-10-8-6-4-2/h30,33,40,42,52-59,61,63-69H,3-29,31-32,34-39,41,43-51H2,1-2H3,(H,62,70)/b33-30-,42-40+. The SMILES string of the molecule is CCCCCCCCCCC/C=C\CCCCCCCCC(O)C(=O)NC(COC1OC(CO)C(O)C(O)C1O)C(O)C(O)CCC/C=C/CCCCCCCCCCCCCCCCCCCCCCC. The van der Waals surface area contributed by atoms with Crippen LogP contribution >= 0.6 is 0 Å². The van der Waals surface area contributed by atoms with E-state index in [9.17, 15) is 40.5 Å². The van der Waals surface area contributed by atoms with E-state index in [0.717, 1.165) is 57.8 Å². The number of aliphatic hydroxyl groups is 7. The number of hydrogen-bond acceptors (Lipinski definition) is 10. The Bertz CT molecular complexity index is 1220. The number of rotatable bonds is 53. The molecule has 11 heteroatoms. The predicted octanol–water partition coefficient (Wildman–Crippen LogP) is 13.3. The molecule has 0 spiro atoms. The van der Waals surface area contributed by atoms with Crippen LogP contribution in [0.1, 0.15) is 290 Å². The fraction of sp³-hybridized carbons (Fsp3) is 0.918. The molecule has 11 nitrogen and oxygen atoms in total. The molecule has 1 amide bonds. The molecule has 9 atom stereocenters. The molecule has 1 rings (SSSR count). The summed E-state index contributed by atoms with van der Waals surface area (Å²) in [6, 6.07) is -1.19. The zero-order valence-corrected chi connectivity index (χ0v) is 46.7. The molecule has 426 valence electrons. The van der Waals surface area contributed by atoms with Crippen molar-refractivity contribution in [3.63, 3.8) is 0 Å². The van der Waals surface area contributed by atoms with Gasteiger partial charge < -0.3 is 50.5 Å². The molecule has 9 unspecified atom stereocenters. The first-order valence-electron chi connectivity index (χ1n) is 30.7. The molecule has 1 heterocycles. The summed E-state index contributed by atoms with van der Waals surface area (Å²) in [6.45, 7) is 3.47. The average Bonchev–Trinajstić information content (AvgIpc) is 3.38. The van der Waals surface area contributed by atoms with E-state index in [-0.39, 0.29) is 12.8 Å². The van der Waals surface area contributed by atoms with Crippen molar-refractivity contribution in [2.24, 2.45) is 0 Å². The summed E-state index contributed by atoms with van der Waals surface area (Å²) in [4.78, 5) is 13.2. The third-order valence-electron chi connectivity index (χ3n) is 15.0. The summed E-state index contributed by atoms with van der Waals surface area (Å²) >= 11 is 0. The quantitative estimate of drug-likeness (QED) is 0.0215. The van der Waals surface area contributed by atoms with Crippen molar-refractivity contribution < 1.29 is 50.0 Å². The topological polar surface area (TPSA) is 189 Å². The third kappa shape index (κ3) is 38.2. The Morgan fingerprint density at radius 2 is 0.819 bits per heavy atom. The van der Waals surface area contributed by atoms with Gasteiger partial charge in [0.2, 0.25) is 5.91 Å². The molecule has 0 radical (unpaired) electrons. The van der Waals surface area contributed by atoms with Crippen molar-refractivity contribution in [3.8, 4) is 0 Å². The Kier molecular flexibility index (Phi) is 48.0. The fourth-order valence-electron chi connectivity index (χ4n) is 9.97. The second-order valence-corrected chi connectivity index (χ2v) is 21.8. The minimum Gasteiger partial charge on any atom is -0.394 e. The highest BCUT2D eigenvalue weighted by molar-refractivity contribution is 5.80. The zero-order chi connectivity index (χ0) is 52.5. The summed E-state index contributed by atoms with van der Waals surface area (Å²) in [5.74, 6) is -0.707. The summed E-state index contributed by atoms with van der Waals surface area (Å²) in [5, 5.41) is 76.2. The number of allylic oxidation sites excluding steroid dienone is 4. The van der Waals surface area contributed by atoms with Gasteiger partial charge in [-0.05, 0) is 64.2 Å². The van der Waals surface area contributed by atoms with Gasteiger partial charge in [-0.3, -0.25) is 4.79 Å². The van der Waals surface area contributed by atoms with Gasteiger partial charge in [-0.1, -0.05) is 250 Å². The maximum absolute atomic E-state index is 13.2. The molecule has 0 aromatic heterocycles. The van der Waals surface area contributed by atoms with Crippen molar-refractivity contribution >= 4 is 5.91 Å². The van der Waals surface area contributed by atoms with Gasteiger partial charge in [0.05, 0.1) is 25.4 Å². The van der Waals surface area contributed by atoms with E-state index in [0.29, 0.717) is 12.8 Å². The molecule has 8 N–H and O–H groups in total. The summed E-state index contributed by atoms with van der Waals surface area (Å²) in [6.07, 6.45) is 49.6. The van der Waals surface area contributed by atoms with Crippen molar-refractivity contribution in [3.05, 3.63) is 24.3 Å². The van der Waals surface area contributed by atoms with E-state index < -0.39 is 74.2 Å². The van der Waals surface area contributed by atoms with Crippen molar-refractivity contribution in [2.75, 3.05) is 13.2 Å². The molecule has 72 heavy (non-hydrogen) atoms. The van der Waals surface area contributed by atoms with Gasteiger partial charge in [0.25, 0.3) is 0 Å². The molecule has 0 aromatic carbocycles. The van der Waals surface area contributed by atoms with Crippen LogP contribution in [0.4, 0.5) is 0 Å². The lowest BCUT2D eigenvalue weighted by Crippen LogP contribution is -2.60. The minimum absolute atomic E-state index is 0.248. The molecule has 0 saturated carbocycles. The highest BCUT2D eigenvalue weighted by Crippen LogP contribution is 2.23. The Balaban J connectivity index is 2.29. The summed E-state index contributed by atoms with van der Waals surface area (Å²) in [5.41, 5.74) is 0. The van der Waals surface area contributed by atoms with Crippen LogP contribution in [0, 0.1) is 0 Å². The number of aliphatic hydroxyl groups excluding tert-OH is 7. The lowest BCUT2D eigenvalue weighted by Gasteiger charge is -2.40. The zero-order valence-electron chi connectivity index (χ0n) is 46.7. The molecule has 0 aliphatic carbocycles. The molecule has 1 fully saturated rings. The van der Waals surface area contributed by atoms with Gasteiger partial charge in [0, 0.05) is 0 Å². The molecule has 1 aliphatic heterocycles. The molecular formula is C61H117NO10. The Morgan fingerprint density at radius 1 is 0.472 bits per heavy atom. The van der Waals surface area contributed by atoms with Crippen molar-refractivity contribution in [1.29, 1.82) is 0 Å². The maximum Gasteiger partial charge on any atom is 0.249 e. The van der Waals surface area contributed by atoms with Crippen molar-refractivity contribution in [2.45, 2.75) is 345 Å². The molecule has 0 bridgehead atoms. The first-order chi connectivity index (χ1) is 35.2. The lowest BCUT2D eigenvalue weighted by molar-refractivity contribution is -0.303. The predicted molar refractivity (Wildman–Crippen MR) is 298 cm³/mol. The van der Waals surface area contributed by atoms with Gasteiger partial charge in [-0.2, -0.15) is 0 Å². The van der Waals surface area contributed by atoms with E-state index in [1.54, 1.807) is 0 Å². The van der Waals surface area contributed by atoms with Crippen LogP contribution in [0.2, 0.25) is 0 Å². The van der Waals surface area contributed by atoms with Crippen LogP contribution in [-0.2, 0) is 14.3 Å². The minimum atomic E-state index is -1.67. The molecular weight excluding hydrogens is 907 g/mol. The molecule has 1 saturated heterocycles. The van der Waals surface area contributed by atoms with E-state index in [4.69, 9.17) is 9.47 Å². The molecule has 0 aromatic rings. The van der Waals surface area contributed by atoms with Crippen LogP contribution in [-0.4, -0.2) is 110 Å². The van der Waals surface area contributed by atoms with E-state index in [2.05, 4.69) is 43.5 Å². The number of hydrogen-bond donors (Lipinski definition) is 8. The molecule has 1 aliphatic rings. The number of unbranched alkanes of at least 4 members (excludes halogenated alkanes) is 37. The fourth-order valence-corrected chi connectivity index (χ4v) is 9.97. The Hall–Kier alpha value is -1.41. The smallest absolute Gasteiger partial charge is 0.249 e. The van der Waals surface area contributed by atoms with Crippen molar-refractivity contribution in [1.82, 2.24) is 5.32 Å². The highest BCUT2D eigenvalue weighted by Gasteiger charge is 2.44. The normalized spacial score (nSPS) is 20.2. The summed E-state index contributed by atoms with van der Waals surface area (Å²) < 4.78 is 11.1. The number of nitrogens with one attached hydrogen (secondary N) is 1. The number of amides is 1. The average molecular weight is 1020 g/mol. The monoisotopic (exact) mass is 1020 g/mol. The second-order valence-electron chi connectivity index (χ2n) is 21.8. The van der Waals surface area contributed by atoms with Gasteiger partial charge in [0.15, 0.2) is 6.29 Å².